The van der Waals surface area contributed by atoms with Crippen molar-refractivity contribution < 1.29 is 4.74 Å². The summed E-state index contributed by atoms with van der Waals surface area (Å²) < 4.78 is 5.59. The lowest BCUT2D eigenvalue weighted by Gasteiger charge is -2.22. The van der Waals surface area contributed by atoms with Crippen molar-refractivity contribution in [3.63, 3.8) is 0 Å². The lowest BCUT2D eigenvalue weighted by Crippen LogP contribution is -2.30. The second-order valence-electron chi connectivity index (χ2n) is 4.45. The first kappa shape index (κ1) is 12.0. The van der Waals surface area contributed by atoms with E-state index in [2.05, 4.69) is 13.8 Å². The minimum atomic E-state index is 0.384. The third-order valence-electron chi connectivity index (χ3n) is 3.50. The largest absolute Gasteiger partial charge is 0.378 e. The third-order valence-corrected chi connectivity index (χ3v) is 3.50. The highest BCUT2D eigenvalue weighted by atomic mass is 16.5. The van der Waals surface area contributed by atoms with E-state index in [0.29, 0.717) is 18.1 Å². The Hall–Kier alpha value is -0.0800. The third kappa shape index (κ3) is 3.58. The maximum Gasteiger partial charge on any atom is 0.0576 e. The Balaban J connectivity index is 2.15. The van der Waals surface area contributed by atoms with Crippen LogP contribution in [-0.2, 0) is 4.74 Å². The van der Waals surface area contributed by atoms with E-state index >= 15 is 0 Å². The average Bonchev–Trinajstić information content (AvgIpc) is 2.69. The van der Waals surface area contributed by atoms with Crippen LogP contribution in [0.15, 0.2) is 0 Å². The van der Waals surface area contributed by atoms with Gasteiger partial charge in [-0.25, -0.2) is 0 Å². The highest BCUT2D eigenvalue weighted by molar-refractivity contribution is 4.74. The van der Waals surface area contributed by atoms with Crippen LogP contribution in [0.2, 0.25) is 0 Å². The molecule has 2 N–H and O–H groups in total. The summed E-state index contributed by atoms with van der Waals surface area (Å²) >= 11 is 0. The summed E-state index contributed by atoms with van der Waals surface area (Å²) in [5, 5.41) is 0. The number of nitrogens with two attached hydrogens (primary N) is 1. The highest BCUT2D eigenvalue weighted by Gasteiger charge is 2.19. The lowest BCUT2D eigenvalue weighted by molar-refractivity contribution is 0.0986. The van der Waals surface area contributed by atoms with Gasteiger partial charge in [0.15, 0.2) is 0 Å². The Morgan fingerprint density at radius 2 is 2.07 bits per heavy atom. The summed E-state index contributed by atoms with van der Waals surface area (Å²) in [6.45, 7) is 5.44. The van der Waals surface area contributed by atoms with E-state index in [1.165, 1.54) is 25.7 Å². The first-order chi connectivity index (χ1) is 6.77. The zero-order valence-electron chi connectivity index (χ0n) is 9.67. The molecule has 1 aliphatic rings. The summed E-state index contributed by atoms with van der Waals surface area (Å²) in [4.78, 5) is 0. The normalized spacial score (nSPS) is 24.4. The van der Waals surface area contributed by atoms with E-state index in [0.717, 1.165) is 19.4 Å². The van der Waals surface area contributed by atoms with E-state index in [4.69, 9.17) is 10.5 Å². The second-order valence-corrected chi connectivity index (χ2v) is 4.45. The summed E-state index contributed by atoms with van der Waals surface area (Å²) in [6, 6.07) is 0.384. The molecule has 0 saturated carbocycles. The van der Waals surface area contributed by atoms with E-state index in [-0.39, 0.29) is 0 Å². The molecule has 0 amide bonds. The number of hydrogen-bond donors (Lipinski definition) is 1. The quantitative estimate of drug-likeness (QED) is 0.714. The van der Waals surface area contributed by atoms with Gasteiger partial charge in [0.05, 0.1) is 6.10 Å². The van der Waals surface area contributed by atoms with Crippen molar-refractivity contribution in [2.24, 2.45) is 11.7 Å². The first-order valence-electron chi connectivity index (χ1n) is 6.15. The lowest BCUT2D eigenvalue weighted by atomic mass is 9.90. The summed E-state index contributed by atoms with van der Waals surface area (Å²) in [6.07, 6.45) is 7.72. The minimum Gasteiger partial charge on any atom is -0.378 e. The molecule has 1 fully saturated rings. The molecule has 2 unspecified atom stereocenters. The van der Waals surface area contributed by atoms with E-state index in [9.17, 15) is 0 Å². The predicted molar refractivity (Wildman–Crippen MR) is 60.3 cm³/mol. The van der Waals surface area contributed by atoms with Crippen molar-refractivity contribution in [3.05, 3.63) is 0 Å². The van der Waals surface area contributed by atoms with Gasteiger partial charge in [0.1, 0.15) is 0 Å². The van der Waals surface area contributed by atoms with E-state index in [1.54, 1.807) is 0 Å². The molecule has 1 saturated heterocycles. The molecule has 0 aromatic carbocycles. The standard InChI is InChI=1S/C12H25NO/c1-3-10(4-2)12(13)8-7-11-6-5-9-14-11/h10-12H,3-9,13H2,1-2H3. The molecular formula is C12H25NO. The molecular weight excluding hydrogens is 174 g/mol. The van der Waals surface area contributed by atoms with E-state index in [1.807, 2.05) is 0 Å². The van der Waals surface area contributed by atoms with Crippen molar-refractivity contribution >= 4 is 0 Å². The molecule has 84 valence electrons. The van der Waals surface area contributed by atoms with Crippen molar-refractivity contribution in [2.45, 2.75) is 64.5 Å². The van der Waals surface area contributed by atoms with Crippen molar-refractivity contribution in [1.29, 1.82) is 0 Å². The molecule has 0 aromatic rings. The topological polar surface area (TPSA) is 35.2 Å². The van der Waals surface area contributed by atoms with Crippen molar-refractivity contribution in [1.82, 2.24) is 0 Å². The molecule has 1 heterocycles. The van der Waals surface area contributed by atoms with Crippen LogP contribution in [-0.4, -0.2) is 18.8 Å². The summed E-state index contributed by atoms with van der Waals surface area (Å²) in [5.74, 6) is 0.705. The molecule has 1 aliphatic heterocycles. The van der Waals surface area contributed by atoms with Gasteiger partial charge in [-0.05, 0) is 31.6 Å². The van der Waals surface area contributed by atoms with Crippen molar-refractivity contribution in [3.8, 4) is 0 Å². The van der Waals surface area contributed by atoms with Crippen LogP contribution in [0.4, 0.5) is 0 Å². The van der Waals surface area contributed by atoms with Crippen LogP contribution in [0.3, 0.4) is 0 Å². The van der Waals surface area contributed by atoms with Gasteiger partial charge >= 0.3 is 0 Å². The van der Waals surface area contributed by atoms with Gasteiger partial charge in [-0.2, -0.15) is 0 Å². The molecule has 0 radical (unpaired) electrons. The fourth-order valence-corrected chi connectivity index (χ4v) is 2.38. The van der Waals surface area contributed by atoms with Crippen LogP contribution in [0.25, 0.3) is 0 Å². The number of rotatable bonds is 6. The Bertz CT molecular complexity index is 139. The highest BCUT2D eigenvalue weighted by Crippen LogP contribution is 2.21. The fraction of sp³-hybridized carbons (Fsp3) is 1.00. The Kier molecular flexibility index (Phi) is 5.49. The number of ether oxygens (including phenoxy) is 1. The first-order valence-corrected chi connectivity index (χ1v) is 6.15. The van der Waals surface area contributed by atoms with Crippen molar-refractivity contribution in [2.75, 3.05) is 6.61 Å². The van der Waals surface area contributed by atoms with Gasteiger partial charge < -0.3 is 10.5 Å². The SMILES string of the molecule is CCC(CC)C(N)CCC1CCCO1. The van der Waals surface area contributed by atoms with Gasteiger partial charge in [0, 0.05) is 12.6 Å². The van der Waals surface area contributed by atoms with Gasteiger partial charge in [0.2, 0.25) is 0 Å². The van der Waals surface area contributed by atoms with Crippen LogP contribution in [0.5, 0.6) is 0 Å². The Labute approximate surface area is 88.2 Å². The maximum absolute atomic E-state index is 6.16. The van der Waals surface area contributed by atoms with Crippen LogP contribution in [0.1, 0.15) is 52.4 Å². The maximum atomic E-state index is 6.16. The van der Waals surface area contributed by atoms with Gasteiger partial charge in [-0.15, -0.1) is 0 Å². The minimum absolute atomic E-state index is 0.384. The fourth-order valence-electron chi connectivity index (χ4n) is 2.38. The Morgan fingerprint density at radius 1 is 1.36 bits per heavy atom. The zero-order valence-corrected chi connectivity index (χ0v) is 9.67. The van der Waals surface area contributed by atoms with Crippen LogP contribution >= 0.6 is 0 Å². The van der Waals surface area contributed by atoms with Gasteiger partial charge in [0.25, 0.3) is 0 Å². The van der Waals surface area contributed by atoms with Gasteiger partial charge in [-0.3, -0.25) is 0 Å². The number of hydrogen-bond acceptors (Lipinski definition) is 2. The average molecular weight is 199 g/mol. The summed E-state index contributed by atoms with van der Waals surface area (Å²) in [5.41, 5.74) is 6.16. The molecule has 0 aromatic heterocycles. The molecule has 0 aliphatic carbocycles. The molecule has 2 atom stereocenters. The summed E-state index contributed by atoms with van der Waals surface area (Å²) in [7, 11) is 0. The molecule has 2 heteroatoms. The molecule has 14 heavy (non-hydrogen) atoms. The molecule has 0 spiro atoms. The zero-order chi connectivity index (χ0) is 10.4. The molecule has 2 nitrogen and oxygen atoms in total. The Morgan fingerprint density at radius 3 is 2.57 bits per heavy atom. The molecule has 1 rings (SSSR count). The monoisotopic (exact) mass is 199 g/mol. The van der Waals surface area contributed by atoms with Gasteiger partial charge in [-0.1, -0.05) is 26.7 Å². The van der Waals surface area contributed by atoms with E-state index < -0.39 is 0 Å². The second kappa shape index (κ2) is 6.41. The molecule has 0 bridgehead atoms. The van der Waals surface area contributed by atoms with Crippen LogP contribution in [0, 0.1) is 5.92 Å². The predicted octanol–water partition coefficient (Wildman–Crippen LogP) is 2.71. The smallest absolute Gasteiger partial charge is 0.0576 e. The van der Waals surface area contributed by atoms with Crippen LogP contribution < -0.4 is 5.73 Å².